The number of anilines is 1. The zero-order valence-corrected chi connectivity index (χ0v) is 16.9. The minimum atomic E-state index is -4.60. The van der Waals surface area contributed by atoms with Crippen LogP contribution < -0.4 is 15.8 Å². The molecular weight excluding hydrogens is 397 g/mol. The van der Waals surface area contributed by atoms with Gasteiger partial charge in [-0.2, -0.15) is 18.3 Å². The Hall–Kier alpha value is -2.84. The number of benzene rings is 1. The first-order valence-corrected chi connectivity index (χ1v) is 9.99. The number of hydrogen-bond donors (Lipinski definition) is 1. The summed E-state index contributed by atoms with van der Waals surface area (Å²) >= 11 is 0. The standard InChI is InChI=1S/C21H25F3N4O2/c1-14(2)28-19(29)11-10-18(26-28)27-12-6-5-7-15(27)13-25-20(30)16-8-3-4-9-17(16)21(22,23)24/h3-4,8-11,14-15H,5-7,12-13H2,1-2H3,(H,25,30). The lowest BCUT2D eigenvalue weighted by Gasteiger charge is -2.37. The average molecular weight is 422 g/mol. The molecule has 1 aromatic carbocycles. The summed E-state index contributed by atoms with van der Waals surface area (Å²) in [6.07, 6.45) is -1.95. The van der Waals surface area contributed by atoms with Crippen LogP contribution >= 0.6 is 0 Å². The molecule has 1 atom stereocenters. The van der Waals surface area contributed by atoms with Crippen LogP contribution in [-0.4, -0.2) is 34.8 Å². The molecular formula is C21H25F3N4O2. The van der Waals surface area contributed by atoms with E-state index in [1.165, 1.54) is 28.9 Å². The molecule has 30 heavy (non-hydrogen) atoms. The van der Waals surface area contributed by atoms with Crippen LogP contribution in [0.1, 0.15) is 55.1 Å². The molecule has 3 rings (SSSR count). The molecule has 0 radical (unpaired) electrons. The fraction of sp³-hybridized carbons (Fsp3) is 0.476. The fourth-order valence-electron chi connectivity index (χ4n) is 3.69. The summed E-state index contributed by atoms with van der Waals surface area (Å²) in [6.45, 7) is 4.62. The van der Waals surface area contributed by atoms with Crippen molar-refractivity contribution in [2.45, 2.75) is 51.4 Å². The van der Waals surface area contributed by atoms with Gasteiger partial charge >= 0.3 is 6.18 Å². The van der Waals surface area contributed by atoms with E-state index < -0.39 is 17.6 Å². The molecule has 1 saturated heterocycles. The highest BCUT2D eigenvalue weighted by Gasteiger charge is 2.35. The fourth-order valence-corrected chi connectivity index (χ4v) is 3.69. The Balaban J connectivity index is 1.77. The van der Waals surface area contributed by atoms with Crippen molar-refractivity contribution in [1.29, 1.82) is 0 Å². The number of alkyl halides is 3. The number of piperidine rings is 1. The number of hydrogen-bond acceptors (Lipinski definition) is 4. The van der Waals surface area contributed by atoms with Crippen LogP contribution in [0.4, 0.5) is 19.0 Å². The third kappa shape index (κ3) is 4.83. The largest absolute Gasteiger partial charge is 0.417 e. The van der Waals surface area contributed by atoms with Crippen molar-refractivity contribution in [3.05, 3.63) is 57.9 Å². The summed E-state index contributed by atoms with van der Waals surface area (Å²) in [5.41, 5.74) is -1.54. The second-order valence-corrected chi connectivity index (χ2v) is 7.66. The lowest BCUT2D eigenvalue weighted by molar-refractivity contribution is -0.137. The van der Waals surface area contributed by atoms with Crippen LogP contribution in [0, 0.1) is 0 Å². The Labute approximate surface area is 172 Å². The molecule has 1 aliphatic heterocycles. The van der Waals surface area contributed by atoms with E-state index in [1.54, 1.807) is 6.07 Å². The molecule has 162 valence electrons. The highest BCUT2D eigenvalue weighted by Crippen LogP contribution is 2.32. The topological polar surface area (TPSA) is 67.2 Å². The SMILES string of the molecule is CC(C)n1nc(N2CCCCC2CNC(=O)c2ccccc2C(F)(F)F)ccc1=O. The van der Waals surface area contributed by atoms with Crippen LogP contribution in [0.25, 0.3) is 0 Å². The maximum atomic E-state index is 13.2. The Morgan fingerprint density at radius 1 is 1.20 bits per heavy atom. The molecule has 0 aliphatic carbocycles. The first kappa shape index (κ1) is 21.9. The van der Waals surface area contributed by atoms with Gasteiger partial charge in [-0.05, 0) is 51.3 Å². The number of aromatic nitrogens is 2. The molecule has 1 amide bonds. The summed E-state index contributed by atoms with van der Waals surface area (Å²) < 4.78 is 41.0. The number of nitrogens with zero attached hydrogens (tertiary/aromatic N) is 3. The van der Waals surface area contributed by atoms with Crippen LogP contribution in [0.2, 0.25) is 0 Å². The minimum absolute atomic E-state index is 0.0979. The number of halogens is 3. The molecule has 2 aromatic rings. The molecule has 9 heteroatoms. The minimum Gasteiger partial charge on any atom is -0.350 e. The van der Waals surface area contributed by atoms with Gasteiger partial charge in [-0.3, -0.25) is 9.59 Å². The van der Waals surface area contributed by atoms with Crippen molar-refractivity contribution < 1.29 is 18.0 Å². The van der Waals surface area contributed by atoms with E-state index in [9.17, 15) is 22.8 Å². The maximum Gasteiger partial charge on any atom is 0.417 e. The van der Waals surface area contributed by atoms with Gasteiger partial charge in [0.15, 0.2) is 0 Å². The van der Waals surface area contributed by atoms with E-state index in [2.05, 4.69) is 10.4 Å². The van der Waals surface area contributed by atoms with Crippen molar-refractivity contribution in [3.63, 3.8) is 0 Å². The van der Waals surface area contributed by atoms with Gasteiger partial charge < -0.3 is 10.2 Å². The lowest BCUT2D eigenvalue weighted by Crippen LogP contribution is -2.48. The van der Waals surface area contributed by atoms with E-state index in [4.69, 9.17) is 0 Å². The number of amides is 1. The van der Waals surface area contributed by atoms with Crippen molar-refractivity contribution in [2.24, 2.45) is 0 Å². The number of rotatable bonds is 5. The highest BCUT2D eigenvalue weighted by atomic mass is 19.4. The lowest BCUT2D eigenvalue weighted by atomic mass is 10.0. The second kappa shape index (κ2) is 8.89. The molecule has 1 fully saturated rings. The molecule has 1 aliphatic rings. The molecule has 2 heterocycles. The van der Waals surface area contributed by atoms with E-state index in [0.717, 1.165) is 25.3 Å². The molecule has 0 saturated carbocycles. The third-order valence-electron chi connectivity index (χ3n) is 5.20. The molecule has 6 nitrogen and oxygen atoms in total. The second-order valence-electron chi connectivity index (χ2n) is 7.66. The van der Waals surface area contributed by atoms with Crippen molar-refractivity contribution in [1.82, 2.24) is 15.1 Å². The molecule has 1 aromatic heterocycles. The van der Waals surface area contributed by atoms with Crippen molar-refractivity contribution in [3.8, 4) is 0 Å². The van der Waals surface area contributed by atoms with E-state index in [1.807, 2.05) is 18.7 Å². The monoisotopic (exact) mass is 422 g/mol. The molecule has 1 N–H and O–H groups in total. The zero-order chi connectivity index (χ0) is 21.9. The Kier molecular flexibility index (Phi) is 6.48. The summed E-state index contributed by atoms with van der Waals surface area (Å²) in [7, 11) is 0. The Bertz CT molecular complexity index is 956. The van der Waals surface area contributed by atoms with E-state index in [-0.39, 0.29) is 29.8 Å². The van der Waals surface area contributed by atoms with Gasteiger partial charge in [-0.1, -0.05) is 12.1 Å². The van der Waals surface area contributed by atoms with Gasteiger partial charge in [-0.15, -0.1) is 0 Å². The van der Waals surface area contributed by atoms with Crippen LogP contribution in [0.5, 0.6) is 0 Å². The van der Waals surface area contributed by atoms with E-state index >= 15 is 0 Å². The number of carbonyl (C=O) groups excluding carboxylic acids is 1. The van der Waals surface area contributed by atoms with Crippen LogP contribution in [-0.2, 0) is 6.18 Å². The van der Waals surface area contributed by atoms with Gasteiger partial charge in [-0.25, -0.2) is 4.68 Å². The molecule has 1 unspecified atom stereocenters. The summed E-state index contributed by atoms with van der Waals surface area (Å²) in [4.78, 5) is 26.5. The highest BCUT2D eigenvalue weighted by molar-refractivity contribution is 5.95. The van der Waals surface area contributed by atoms with Gasteiger partial charge in [0.1, 0.15) is 5.82 Å². The quantitative estimate of drug-likeness (QED) is 0.799. The predicted octanol–water partition coefficient (Wildman–Crippen LogP) is 3.63. The smallest absolute Gasteiger partial charge is 0.350 e. The molecule has 0 bridgehead atoms. The number of nitrogens with one attached hydrogen (secondary N) is 1. The first-order chi connectivity index (χ1) is 14.2. The van der Waals surface area contributed by atoms with Crippen molar-refractivity contribution in [2.75, 3.05) is 18.0 Å². The number of carbonyl (C=O) groups is 1. The van der Waals surface area contributed by atoms with Gasteiger partial charge in [0.2, 0.25) is 0 Å². The van der Waals surface area contributed by atoms with Crippen LogP contribution in [0.15, 0.2) is 41.2 Å². The summed E-state index contributed by atoms with van der Waals surface area (Å²) in [6, 6.07) is 7.66. The molecule has 0 spiro atoms. The van der Waals surface area contributed by atoms with Crippen molar-refractivity contribution >= 4 is 11.7 Å². The summed E-state index contributed by atoms with van der Waals surface area (Å²) in [5, 5.41) is 7.10. The predicted molar refractivity (Wildman–Crippen MR) is 108 cm³/mol. The van der Waals surface area contributed by atoms with Gasteiger partial charge in [0.25, 0.3) is 11.5 Å². The van der Waals surface area contributed by atoms with Crippen LogP contribution in [0.3, 0.4) is 0 Å². The Morgan fingerprint density at radius 3 is 2.63 bits per heavy atom. The Morgan fingerprint density at radius 2 is 1.93 bits per heavy atom. The third-order valence-corrected chi connectivity index (χ3v) is 5.20. The average Bonchev–Trinajstić information content (AvgIpc) is 2.72. The normalized spacial score (nSPS) is 17.3. The van der Waals surface area contributed by atoms with E-state index in [0.29, 0.717) is 12.4 Å². The summed E-state index contributed by atoms with van der Waals surface area (Å²) in [5.74, 6) is -0.133. The first-order valence-electron chi connectivity index (χ1n) is 9.99. The van der Waals surface area contributed by atoms with Gasteiger partial charge in [0.05, 0.1) is 17.2 Å². The zero-order valence-electron chi connectivity index (χ0n) is 16.9. The van der Waals surface area contributed by atoms with Gasteiger partial charge in [0, 0.05) is 25.2 Å². The maximum absolute atomic E-state index is 13.2.